The van der Waals surface area contributed by atoms with Gasteiger partial charge in [0.05, 0.1) is 13.2 Å². The highest BCUT2D eigenvalue weighted by atomic mass is 16.5. The third-order valence-electron chi connectivity index (χ3n) is 7.64. The number of allylic oxidation sites excluding steroid dienone is 3. The predicted molar refractivity (Wildman–Crippen MR) is 200 cm³/mol. The molecule has 0 amide bonds. The van der Waals surface area contributed by atoms with Crippen LogP contribution in [-0.2, 0) is 5.41 Å². The van der Waals surface area contributed by atoms with Crippen LogP contribution in [0, 0.1) is 6.92 Å². The lowest BCUT2D eigenvalue weighted by atomic mass is 9.83. The first-order valence-electron chi connectivity index (χ1n) is 16.1. The summed E-state index contributed by atoms with van der Waals surface area (Å²) in [6, 6.07) is 20.3. The fourth-order valence-electron chi connectivity index (χ4n) is 4.61. The minimum absolute atomic E-state index is 0.114. The third-order valence-corrected chi connectivity index (χ3v) is 7.64. The molecule has 0 atom stereocenters. The van der Waals surface area contributed by atoms with Gasteiger partial charge in [0, 0.05) is 56.7 Å². The Morgan fingerprint density at radius 1 is 0.755 bits per heavy atom. The van der Waals surface area contributed by atoms with E-state index in [9.17, 15) is 19.8 Å². The molecule has 49 heavy (non-hydrogen) atoms. The lowest BCUT2D eigenvalue weighted by Crippen LogP contribution is -2.13. The van der Waals surface area contributed by atoms with Gasteiger partial charge < -0.3 is 31.2 Å². The van der Waals surface area contributed by atoms with E-state index in [1.165, 1.54) is 12.2 Å². The number of carbonyl (C=O) groups is 2. The van der Waals surface area contributed by atoms with Crippen molar-refractivity contribution in [2.45, 2.75) is 46.5 Å². The molecule has 0 fully saturated rings. The molecule has 4 aromatic carbocycles. The van der Waals surface area contributed by atoms with Gasteiger partial charge in [-0.15, -0.1) is 6.58 Å². The molecule has 0 spiro atoms. The number of hydrogen-bond donors (Lipinski definition) is 4. The van der Waals surface area contributed by atoms with E-state index in [4.69, 9.17) is 20.9 Å². The van der Waals surface area contributed by atoms with E-state index >= 15 is 0 Å². The molecular weight excluding hydrogens is 616 g/mol. The maximum Gasteiger partial charge on any atom is 0.185 e. The number of ether oxygens (including phenoxy) is 2. The molecule has 0 aliphatic heterocycles. The van der Waals surface area contributed by atoms with Crippen molar-refractivity contribution in [3.8, 4) is 23.0 Å². The van der Waals surface area contributed by atoms with E-state index in [-0.39, 0.29) is 23.1 Å². The van der Waals surface area contributed by atoms with E-state index in [1.807, 2.05) is 33.8 Å². The lowest BCUT2D eigenvalue weighted by Gasteiger charge is -2.23. The van der Waals surface area contributed by atoms with Gasteiger partial charge in [-0.25, -0.2) is 0 Å². The number of aromatic hydroxyl groups is 2. The highest BCUT2D eigenvalue weighted by molar-refractivity contribution is 6.07. The van der Waals surface area contributed by atoms with Crippen LogP contribution in [0.5, 0.6) is 23.0 Å². The zero-order chi connectivity index (χ0) is 36.1. The van der Waals surface area contributed by atoms with Crippen molar-refractivity contribution in [2.75, 3.05) is 24.7 Å². The summed E-state index contributed by atoms with van der Waals surface area (Å²) in [5.74, 6) is 1.16. The molecule has 0 saturated heterocycles. The number of nitrogen functional groups attached to an aromatic ring is 2. The minimum Gasteiger partial charge on any atom is -0.508 e. The quantitative estimate of drug-likeness (QED) is 0.0481. The Hall–Kier alpha value is -5.76. The van der Waals surface area contributed by atoms with E-state index in [2.05, 4.69) is 6.58 Å². The standard InChI is InChI=1S/C22H25NO3.C19H21NO3/c1-5-22(3,4)18-13-16(21(26-6-2)14-20(18)25)9-12-19(24)15-7-10-17(23)11-8-15;1-3-10-23-19-12-18(22)13(2)11-15(19)6-9-17(21)14-4-7-16(20)8-5-14/h5,7-14,25H,1,6,23H2,2-4H3;4-9,11-12,22H,3,10,20H2,1-2H3. The van der Waals surface area contributed by atoms with Crippen molar-refractivity contribution >= 4 is 35.1 Å². The molecule has 4 aromatic rings. The Balaban J connectivity index is 0.000000267. The second kappa shape index (κ2) is 17.4. The molecule has 0 heterocycles. The molecule has 6 N–H and O–H groups in total. The van der Waals surface area contributed by atoms with Crippen LogP contribution in [0.25, 0.3) is 12.2 Å². The van der Waals surface area contributed by atoms with Gasteiger partial charge in [0.2, 0.25) is 0 Å². The summed E-state index contributed by atoms with van der Waals surface area (Å²) < 4.78 is 11.2. The molecule has 8 nitrogen and oxygen atoms in total. The monoisotopic (exact) mass is 662 g/mol. The molecule has 0 bridgehead atoms. The second-order valence-electron chi connectivity index (χ2n) is 11.9. The summed E-state index contributed by atoms with van der Waals surface area (Å²) >= 11 is 0. The molecule has 8 heteroatoms. The van der Waals surface area contributed by atoms with Gasteiger partial charge in [-0.1, -0.05) is 26.8 Å². The topological polar surface area (TPSA) is 145 Å². The van der Waals surface area contributed by atoms with E-state index in [1.54, 1.807) is 91.9 Å². The first-order valence-corrected chi connectivity index (χ1v) is 16.1. The number of anilines is 2. The summed E-state index contributed by atoms with van der Waals surface area (Å²) in [6.07, 6.45) is 9.03. The van der Waals surface area contributed by atoms with Gasteiger partial charge in [-0.05, 0) is 111 Å². The maximum atomic E-state index is 12.4. The van der Waals surface area contributed by atoms with Crippen molar-refractivity contribution in [2.24, 2.45) is 0 Å². The fraction of sp³-hybridized carbons (Fsp3) is 0.220. The Labute approximate surface area is 289 Å². The van der Waals surface area contributed by atoms with E-state index < -0.39 is 5.41 Å². The number of aryl methyl sites for hydroxylation is 1. The van der Waals surface area contributed by atoms with Crippen molar-refractivity contribution in [3.63, 3.8) is 0 Å². The highest BCUT2D eigenvalue weighted by Crippen LogP contribution is 2.37. The minimum atomic E-state index is -0.418. The van der Waals surface area contributed by atoms with Crippen LogP contribution >= 0.6 is 0 Å². The van der Waals surface area contributed by atoms with Crippen LogP contribution < -0.4 is 20.9 Å². The maximum absolute atomic E-state index is 12.4. The number of rotatable bonds is 13. The van der Waals surface area contributed by atoms with Gasteiger partial charge in [0.25, 0.3) is 0 Å². The van der Waals surface area contributed by atoms with Crippen LogP contribution in [0.4, 0.5) is 11.4 Å². The van der Waals surface area contributed by atoms with Gasteiger partial charge >= 0.3 is 0 Å². The summed E-state index contributed by atoms with van der Waals surface area (Å²) in [4.78, 5) is 24.6. The Bertz CT molecular complexity index is 1820. The number of phenols is 2. The fourth-order valence-corrected chi connectivity index (χ4v) is 4.61. The van der Waals surface area contributed by atoms with Crippen molar-refractivity contribution < 1.29 is 29.3 Å². The molecule has 4 rings (SSSR count). The largest absolute Gasteiger partial charge is 0.508 e. The van der Waals surface area contributed by atoms with Crippen molar-refractivity contribution in [1.82, 2.24) is 0 Å². The number of ketones is 2. The summed E-state index contributed by atoms with van der Waals surface area (Å²) in [6.45, 7) is 14.4. The molecule has 0 aromatic heterocycles. The SMILES string of the molecule is C=CC(C)(C)c1cc(C=CC(=O)c2ccc(N)cc2)c(OCC)cc1O.CCCOc1cc(O)c(C)cc1C=CC(=O)c1ccc(N)cc1. The lowest BCUT2D eigenvalue weighted by molar-refractivity contribution is 0.103. The highest BCUT2D eigenvalue weighted by Gasteiger charge is 2.22. The summed E-state index contributed by atoms with van der Waals surface area (Å²) in [5, 5.41) is 20.2. The first kappa shape index (κ1) is 37.7. The van der Waals surface area contributed by atoms with E-state index in [0.717, 1.165) is 28.7 Å². The molecule has 0 saturated carbocycles. The molecule has 0 aliphatic carbocycles. The van der Waals surface area contributed by atoms with Gasteiger partial charge in [0.15, 0.2) is 11.6 Å². The van der Waals surface area contributed by atoms with Crippen molar-refractivity contribution in [1.29, 1.82) is 0 Å². The average molecular weight is 663 g/mol. The number of carbonyl (C=O) groups excluding carboxylic acids is 2. The molecule has 256 valence electrons. The number of hydrogen-bond acceptors (Lipinski definition) is 8. The zero-order valence-corrected chi connectivity index (χ0v) is 28.8. The Morgan fingerprint density at radius 2 is 1.22 bits per heavy atom. The molecule has 0 unspecified atom stereocenters. The smallest absolute Gasteiger partial charge is 0.185 e. The molecule has 0 radical (unpaired) electrons. The zero-order valence-electron chi connectivity index (χ0n) is 28.8. The van der Waals surface area contributed by atoms with Crippen LogP contribution in [0.1, 0.15) is 77.1 Å². The summed E-state index contributed by atoms with van der Waals surface area (Å²) in [5.41, 5.74) is 16.1. The number of benzene rings is 4. The van der Waals surface area contributed by atoms with Crippen LogP contribution in [0.3, 0.4) is 0 Å². The molecule has 0 aliphatic rings. The third kappa shape index (κ3) is 10.6. The number of phenolic OH excluding ortho intramolecular Hbond substituents is 2. The second-order valence-corrected chi connectivity index (χ2v) is 11.9. The van der Waals surface area contributed by atoms with Crippen LogP contribution in [0.15, 0.2) is 97.6 Å². The summed E-state index contributed by atoms with van der Waals surface area (Å²) in [7, 11) is 0. The number of nitrogens with two attached hydrogens (primary N) is 2. The van der Waals surface area contributed by atoms with Crippen LogP contribution in [-0.4, -0.2) is 35.0 Å². The average Bonchev–Trinajstić information content (AvgIpc) is 3.08. The van der Waals surface area contributed by atoms with Crippen molar-refractivity contribution in [3.05, 3.63) is 131 Å². The Kier molecular flexibility index (Phi) is 13.4. The first-order chi connectivity index (χ1) is 23.3. The van der Waals surface area contributed by atoms with Crippen LogP contribution in [0.2, 0.25) is 0 Å². The Morgan fingerprint density at radius 3 is 1.69 bits per heavy atom. The van der Waals surface area contributed by atoms with E-state index in [0.29, 0.717) is 47.2 Å². The predicted octanol–water partition coefficient (Wildman–Crippen LogP) is 8.70. The van der Waals surface area contributed by atoms with Gasteiger partial charge in [-0.3, -0.25) is 9.59 Å². The molecular formula is C41H46N2O6. The normalized spacial score (nSPS) is 11.2. The van der Waals surface area contributed by atoms with Gasteiger partial charge in [-0.2, -0.15) is 0 Å². The van der Waals surface area contributed by atoms with Gasteiger partial charge in [0.1, 0.15) is 23.0 Å².